The number of carbonyl (C=O) groups is 2. The monoisotopic (exact) mass is 225 g/mol. The number of Topliss-reactive ketones (excluding diaryl/α,β-unsaturated/α-hetero) is 1. The first-order chi connectivity index (χ1) is 6.98. The van der Waals surface area contributed by atoms with Crippen LogP contribution in [0.25, 0.3) is 0 Å². The topological polar surface area (TPSA) is 37.4 Å². The highest BCUT2D eigenvalue weighted by atomic mass is 32.2. The summed E-state index contributed by atoms with van der Waals surface area (Å²) < 4.78 is 0. The summed E-state index contributed by atoms with van der Waals surface area (Å²) in [5.74, 6) is 0.371. The van der Waals surface area contributed by atoms with E-state index in [0.717, 1.165) is 5.70 Å². The van der Waals surface area contributed by atoms with Crippen LogP contribution in [0.4, 0.5) is 0 Å². The van der Waals surface area contributed by atoms with Crippen molar-refractivity contribution >= 4 is 23.5 Å². The Hall–Kier alpha value is -0.770. The second-order valence-electron chi connectivity index (χ2n) is 4.54. The van der Waals surface area contributed by atoms with E-state index in [9.17, 15) is 9.59 Å². The number of ketones is 1. The van der Waals surface area contributed by atoms with Crippen LogP contribution in [0, 0.1) is 5.41 Å². The van der Waals surface area contributed by atoms with E-state index < -0.39 is 0 Å². The van der Waals surface area contributed by atoms with Gasteiger partial charge in [-0.25, -0.2) is 0 Å². The van der Waals surface area contributed by atoms with Crippen LogP contribution >= 0.6 is 11.8 Å². The van der Waals surface area contributed by atoms with Crippen LogP contribution in [0.1, 0.15) is 19.8 Å². The molecule has 1 aliphatic carbocycles. The number of nitrogens with zero attached hydrogens (tertiary/aromatic N) is 1. The maximum atomic E-state index is 11.8. The van der Waals surface area contributed by atoms with E-state index in [1.807, 2.05) is 19.3 Å². The number of carbonyl (C=O) groups excluding carboxylic acids is 2. The normalized spacial score (nSPS) is 35.5. The third-order valence-corrected chi connectivity index (χ3v) is 4.25. The molecule has 2 unspecified atom stereocenters. The lowest BCUT2D eigenvalue weighted by Gasteiger charge is -2.32. The number of allylic oxidation sites excluding steroid dienone is 1. The largest absolute Gasteiger partial charge is 0.319 e. The molecule has 0 aromatic carbocycles. The van der Waals surface area contributed by atoms with Gasteiger partial charge in [-0.3, -0.25) is 9.59 Å². The highest BCUT2D eigenvalue weighted by Gasteiger charge is 2.47. The predicted octanol–water partition coefficient (Wildman–Crippen LogP) is 1.44. The lowest BCUT2D eigenvalue weighted by Crippen LogP contribution is -2.33. The van der Waals surface area contributed by atoms with Gasteiger partial charge >= 0.3 is 0 Å². The van der Waals surface area contributed by atoms with Crippen LogP contribution in [0.3, 0.4) is 0 Å². The molecule has 2 aliphatic rings. The van der Waals surface area contributed by atoms with Gasteiger partial charge in [-0.15, -0.1) is 11.8 Å². The molecule has 0 bridgehead atoms. The van der Waals surface area contributed by atoms with Crippen molar-refractivity contribution in [3.05, 3.63) is 11.8 Å². The summed E-state index contributed by atoms with van der Waals surface area (Å²) in [6.07, 6.45) is 4.86. The van der Waals surface area contributed by atoms with Gasteiger partial charge in [0.25, 0.3) is 0 Å². The number of amides is 1. The van der Waals surface area contributed by atoms with E-state index in [0.29, 0.717) is 12.8 Å². The maximum Gasteiger partial charge on any atom is 0.227 e. The Bertz CT molecular complexity index is 364. The number of thioether (sulfide) groups is 1. The van der Waals surface area contributed by atoms with Gasteiger partial charge < -0.3 is 4.90 Å². The summed E-state index contributed by atoms with van der Waals surface area (Å²) in [5, 5.41) is -0.0681. The minimum atomic E-state index is -0.241. The van der Waals surface area contributed by atoms with Gasteiger partial charge in [0, 0.05) is 31.0 Å². The highest BCUT2D eigenvalue weighted by Crippen LogP contribution is 2.46. The molecule has 3 nitrogen and oxygen atoms in total. The van der Waals surface area contributed by atoms with Gasteiger partial charge in [-0.05, 0) is 12.3 Å². The first kappa shape index (κ1) is 10.7. The molecule has 2 rings (SSSR count). The quantitative estimate of drug-likeness (QED) is 0.677. The summed E-state index contributed by atoms with van der Waals surface area (Å²) >= 11 is 1.54. The highest BCUT2D eigenvalue weighted by molar-refractivity contribution is 8.00. The van der Waals surface area contributed by atoms with Crippen molar-refractivity contribution in [2.24, 2.45) is 5.41 Å². The molecular weight excluding hydrogens is 210 g/mol. The number of fused-ring (bicyclic) bond motifs is 1. The SMILES string of the molecule is CSC1C=C2N(C)C(=O)CC2(C)CC1=O. The fourth-order valence-electron chi connectivity index (χ4n) is 2.47. The summed E-state index contributed by atoms with van der Waals surface area (Å²) in [6, 6.07) is 0. The summed E-state index contributed by atoms with van der Waals surface area (Å²) in [6.45, 7) is 2.01. The minimum absolute atomic E-state index is 0.0681. The Morgan fingerprint density at radius 1 is 1.47 bits per heavy atom. The van der Waals surface area contributed by atoms with E-state index in [1.54, 1.807) is 23.7 Å². The van der Waals surface area contributed by atoms with Crippen molar-refractivity contribution in [2.75, 3.05) is 13.3 Å². The third-order valence-electron chi connectivity index (χ3n) is 3.34. The van der Waals surface area contributed by atoms with Crippen molar-refractivity contribution in [3.63, 3.8) is 0 Å². The molecule has 0 saturated carbocycles. The Morgan fingerprint density at radius 2 is 2.13 bits per heavy atom. The summed E-state index contributed by atoms with van der Waals surface area (Å²) in [7, 11) is 1.80. The fraction of sp³-hybridized carbons (Fsp3) is 0.636. The number of likely N-dealkylation sites (tertiary alicyclic amines) is 1. The van der Waals surface area contributed by atoms with Gasteiger partial charge in [0.15, 0.2) is 5.78 Å². The van der Waals surface area contributed by atoms with E-state index >= 15 is 0 Å². The molecule has 15 heavy (non-hydrogen) atoms. The number of rotatable bonds is 1. The molecule has 82 valence electrons. The Labute approximate surface area is 93.9 Å². The second kappa shape index (κ2) is 3.37. The molecule has 0 spiro atoms. The second-order valence-corrected chi connectivity index (χ2v) is 5.52. The van der Waals surface area contributed by atoms with Crippen molar-refractivity contribution in [3.8, 4) is 0 Å². The van der Waals surface area contributed by atoms with E-state index in [4.69, 9.17) is 0 Å². The Balaban J connectivity index is 2.42. The Morgan fingerprint density at radius 3 is 2.73 bits per heavy atom. The van der Waals surface area contributed by atoms with Gasteiger partial charge in [-0.2, -0.15) is 0 Å². The molecule has 1 amide bonds. The number of hydrogen-bond acceptors (Lipinski definition) is 3. The summed E-state index contributed by atoms with van der Waals surface area (Å²) in [4.78, 5) is 25.1. The van der Waals surface area contributed by atoms with E-state index in [1.165, 1.54) is 0 Å². The number of hydrogen-bond donors (Lipinski definition) is 0. The van der Waals surface area contributed by atoms with Crippen molar-refractivity contribution in [1.82, 2.24) is 4.90 Å². The maximum absolute atomic E-state index is 11.8. The standard InChI is InChI=1S/C11H15NO2S/c1-11-5-7(13)8(15-3)4-9(11)12(2)10(14)6-11/h4,8H,5-6H2,1-3H3. The van der Waals surface area contributed by atoms with Gasteiger partial charge in [0.1, 0.15) is 0 Å². The van der Waals surface area contributed by atoms with Crippen LogP contribution in [-0.4, -0.2) is 35.1 Å². The lowest BCUT2D eigenvalue weighted by molar-refractivity contribution is -0.126. The molecule has 2 atom stereocenters. The Kier molecular flexibility index (Phi) is 2.41. The zero-order valence-corrected chi connectivity index (χ0v) is 10.1. The van der Waals surface area contributed by atoms with E-state index in [2.05, 4.69) is 0 Å². The zero-order valence-electron chi connectivity index (χ0n) is 9.24. The molecule has 1 saturated heterocycles. The van der Waals surface area contributed by atoms with Crippen LogP contribution in [0.2, 0.25) is 0 Å². The van der Waals surface area contributed by atoms with Gasteiger partial charge in [-0.1, -0.05) is 6.92 Å². The first-order valence-electron chi connectivity index (χ1n) is 5.02. The smallest absolute Gasteiger partial charge is 0.227 e. The first-order valence-corrected chi connectivity index (χ1v) is 6.31. The molecule has 0 radical (unpaired) electrons. The van der Waals surface area contributed by atoms with Gasteiger partial charge in [0.2, 0.25) is 5.91 Å². The van der Waals surface area contributed by atoms with Crippen LogP contribution < -0.4 is 0 Å². The van der Waals surface area contributed by atoms with Crippen molar-refractivity contribution in [1.29, 1.82) is 0 Å². The summed E-state index contributed by atoms with van der Waals surface area (Å²) in [5.41, 5.74) is 0.793. The van der Waals surface area contributed by atoms with Crippen LogP contribution in [0.5, 0.6) is 0 Å². The van der Waals surface area contributed by atoms with E-state index in [-0.39, 0.29) is 22.4 Å². The van der Waals surface area contributed by atoms with Gasteiger partial charge in [0.05, 0.1) is 5.25 Å². The molecular formula is C11H15NO2S. The third kappa shape index (κ3) is 1.51. The van der Waals surface area contributed by atoms with Crippen molar-refractivity contribution in [2.45, 2.75) is 25.0 Å². The average Bonchev–Trinajstić information content (AvgIpc) is 2.36. The molecule has 1 heterocycles. The van der Waals surface area contributed by atoms with Crippen molar-refractivity contribution < 1.29 is 9.59 Å². The molecule has 4 heteroatoms. The zero-order chi connectivity index (χ0) is 11.2. The van der Waals surface area contributed by atoms with Crippen LogP contribution in [-0.2, 0) is 9.59 Å². The average molecular weight is 225 g/mol. The van der Waals surface area contributed by atoms with Crippen LogP contribution in [0.15, 0.2) is 11.8 Å². The lowest BCUT2D eigenvalue weighted by atomic mass is 9.77. The molecule has 0 aromatic rings. The minimum Gasteiger partial charge on any atom is -0.319 e. The predicted molar refractivity (Wildman–Crippen MR) is 60.5 cm³/mol. The molecule has 0 N–H and O–H groups in total. The molecule has 1 aliphatic heterocycles. The fourth-order valence-corrected chi connectivity index (χ4v) is 3.08. The molecule has 0 aromatic heterocycles. The molecule has 1 fully saturated rings.